The topological polar surface area (TPSA) is 61.8 Å². The molecule has 3 fully saturated rings. The Morgan fingerprint density at radius 3 is 2.52 bits per heavy atom. The van der Waals surface area contributed by atoms with E-state index in [0.717, 1.165) is 31.7 Å². The van der Waals surface area contributed by atoms with Gasteiger partial charge in [-0.1, -0.05) is 0 Å². The predicted molar refractivity (Wildman–Crippen MR) is 80.3 cm³/mol. The van der Waals surface area contributed by atoms with Gasteiger partial charge in [0, 0.05) is 24.7 Å². The van der Waals surface area contributed by atoms with Crippen molar-refractivity contribution in [3.05, 3.63) is 0 Å². The van der Waals surface area contributed by atoms with Gasteiger partial charge in [0.15, 0.2) is 0 Å². The van der Waals surface area contributed by atoms with Gasteiger partial charge in [0.1, 0.15) is 0 Å². The Labute approximate surface area is 127 Å². The highest BCUT2D eigenvalue weighted by Gasteiger charge is 2.39. The van der Waals surface area contributed by atoms with Crippen LogP contribution in [-0.2, 0) is 9.53 Å². The third-order valence-electron chi connectivity index (χ3n) is 5.21. The fraction of sp³-hybridized carbons (Fsp3) is 0.938. The zero-order valence-electron chi connectivity index (χ0n) is 13.1. The summed E-state index contributed by atoms with van der Waals surface area (Å²) in [6, 6.07) is 1.45. The quantitative estimate of drug-likeness (QED) is 0.745. The number of ether oxygens (including phenoxy) is 1. The molecule has 120 valence electrons. The van der Waals surface area contributed by atoms with E-state index in [2.05, 4.69) is 24.1 Å². The summed E-state index contributed by atoms with van der Waals surface area (Å²) in [6.07, 6.45) is 6.45. The molecule has 1 heterocycles. The molecule has 21 heavy (non-hydrogen) atoms. The molecule has 0 aromatic heterocycles. The molecule has 0 aromatic rings. The summed E-state index contributed by atoms with van der Waals surface area (Å²) >= 11 is 0. The van der Waals surface area contributed by atoms with Crippen LogP contribution in [-0.4, -0.2) is 59.4 Å². The van der Waals surface area contributed by atoms with Gasteiger partial charge in [0.25, 0.3) is 0 Å². The molecule has 0 aromatic carbocycles. The van der Waals surface area contributed by atoms with Crippen LogP contribution in [0.3, 0.4) is 0 Å². The summed E-state index contributed by atoms with van der Waals surface area (Å²) in [5, 5.41) is 12.8. The van der Waals surface area contributed by atoms with Crippen molar-refractivity contribution in [2.24, 2.45) is 5.92 Å². The van der Waals surface area contributed by atoms with Crippen LogP contribution in [0.1, 0.15) is 46.0 Å². The van der Waals surface area contributed by atoms with Gasteiger partial charge in [0.05, 0.1) is 18.8 Å². The summed E-state index contributed by atoms with van der Waals surface area (Å²) in [5.41, 5.74) is 0. The van der Waals surface area contributed by atoms with Crippen molar-refractivity contribution in [2.45, 2.75) is 76.3 Å². The number of carbonyl (C=O) groups is 1. The van der Waals surface area contributed by atoms with Gasteiger partial charge in [-0.15, -0.1) is 0 Å². The summed E-state index contributed by atoms with van der Waals surface area (Å²) in [6.45, 7) is 5.45. The molecule has 2 aliphatic carbocycles. The number of aliphatic carboxylic acids is 1. The molecule has 3 unspecified atom stereocenters. The predicted octanol–water partition coefficient (Wildman–Crippen LogP) is 1.47. The molecule has 2 saturated carbocycles. The first-order chi connectivity index (χ1) is 10.0. The Bertz CT molecular complexity index is 380. The van der Waals surface area contributed by atoms with E-state index < -0.39 is 5.97 Å². The van der Waals surface area contributed by atoms with E-state index in [1.54, 1.807) is 0 Å². The molecule has 1 aliphatic heterocycles. The Balaban J connectivity index is 1.43. The molecule has 0 spiro atoms. The van der Waals surface area contributed by atoms with Crippen molar-refractivity contribution in [3.8, 4) is 0 Å². The van der Waals surface area contributed by atoms with Crippen LogP contribution in [0.4, 0.5) is 0 Å². The van der Waals surface area contributed by atoms with E-state index in [1.807, 2.05) is 0 Å². The van der Waals surface area contributed by atoms with Crippen LogP contribution in [0, 0.1) is 5.92 Å². The minimum atomic E-state index is -0.696. The lowest BCUT2D eigenvalue weighted by Gasteiger charge is -2.44. The standard InChI is InChI=1S/C16H28N2O3/c1-10-5-15(11(2)21-10)17-13-6-14(7-13)18(9-16(19)20)8-12-3-4-12/h10-15,17H,3-9H2,1-2H3,(H,19,20). The third kappa shape index (κ3) is 3.96. The second kappa shape index (κ2) is 6.23. The number of carboxylic acid groups (broad SMARTS) is 1. The molecular weight excluding hydrogens is 268 g/mol. The summed E-state index contributed by atoms with van der Waals surface area (Å²) in [7, 11) is 0. The lowest BCUT2D eigenvalue weighted by atomic mass is 9.84. The van der Waals surface area contributed by atoms with E-state index in [0.29, 0.717) is 30.3 Å². The van der Waals surface area contributed by atoms with Gasteiger partial charge >= 0.3 is 5.97 Å². The van der Waals surface area contributed by atoms with E-state index in [9.17, 15) is 4.79 Å². The molecule has 3 aliphatic rings. The molecule has 3 rings (SSSR count). The summed E-state index contributed by atoms with van der Waals surface area (Å²) in [4.78, 5) is 13.2. The van der Waals surface area contributed by atoms with E-state index >= 15 is 0 Å². The number of nitrogens with zero attached hydrogens (tertiary/aromatic N) is 1. The largest absolute Gasteiger partial charge is 0.480 e. The van der Waals surface area contributed by atoms with Crippen molar-refractivity contribution < 1.29 is 14.6 Å². The van der Waals surface area contributed by atoms with Gasteiger partial charge in [-0.3, -0.25) is 9.69 Å². The molecule has 1 saturated heterocycles. The molecule has 0 radical (unpaired) electrons. The second-order valence-corrected chi connectivity index (χ2v) is 7.25. The average Bonchev–Trinajstić information content (AvgIpc) is 3.08. The second-order valence-electron chi connectivity index (χ2n) is 7.25. The first-order valence-corrected chi connectivity index (χ1v) is 8.38. The molecule has 3 atom stereocenters. The van der Waals surface area contributed by atoms with Crippen LogP contribution in [0.5, 0.6) is 0 Å². The zero-order valence-corrected chi connectivity index (χ0v) is 13.1. The SMILES string of the molecule is CC1CC(NC2CC(N(CC(=O)O)CC3CC3)C2)C(C)O1. The minimum absolute atomic E-state index is 0.202. The number of rotatable bonds is 7. The first-order valence-electron chi connectivity index (χ1n) is 8.38. The monoisotopic (exact) mass is 296 g/mol. The first kappa shape index (κ1) is 15.3. The van der Waals surface area contributed by atoms with Gasteiger partial charge in [-0.2, -0.15) is 0 Å². The highest BCUT2D eigenvalue weighted by molar-refractivity contribution is 5.69. The van der Waals surface area contributed by atoms with E-state index in [4.69, 9.17) is 9.84 Å². The molecule has 5 heteroatoms. The van der Waals surface area contributed by atoms with Crippen LogP contribution in [0.15, 0.2) is 0 Å². The fourth-order valence-electron chi connectivity index (χ4n) is 3.74. The maximum atomic E-state index is 11.0. The van der Waals surface area contributed by atoms with Gasteiger partial charge in [-0.05, 0) is 51.9 Å². The molecule has 0 amide bonds. The molecular formula is C16H28N2O3. The van der Waals surface area contributed by atoms with Crippen LogP contribution >= 0.6 is 0 Å². The average molecular weight is 296 g/mol. The number of nitrogens with one attached hydrogen (secondary N) is 1. The van der Waals surface area contributed by atoms with Gasteiger partial charge < -0.3 is 15.2 Å². The lowest BCUT2D eigenvalue weighted by molar-refractivity contribution is -0.139. The minimum Gasteiger partial charge on any atom is -0.480 e. The summed E-state index contributed by atoms with van der Waals surface area (Å²) < 4.78 is 5.78. The van der Waals surface area contributed by atoms with Gasteiger partial charge in [0.2, 0.25) is 0 Å². The maximum Gasteiger partial charge on any atom is 0.317 e. The van der Waals surface area contributed by atoms with E-state index in [1.165, 1.54) is 12.8 Å². The van der Waals surface area contributed by atoms with Crippen molar-refractivity contribution in [1.29, 1.82) is 0 Å². The number of hydrogen-bond acceptors (Lipinski definition) is 4. The number of hydrogen-bond donors (Lipinski definition) is 2. The molecule has 5 nitrogen and oxygen atoms in total. The Kier molecular flexibility index (Phi) is 4.52. The Hall–Kier alpha value is -0.650. The van der Waals surface area contributed by atoms with Crippen LogP contribution in [0.2, 0.25) is 0 Å². The van der Waals surface area contributed by atoms with E-state index in [-0.39, 0.29) is 6.54 Å². The maximum absolute atomic E-state index is 11.0. The smallest absolute Gasteiger partial charge is 0.317 e. The molecule has 2 N–H and O–H groups in total. The summed E-state index contributed by atoms with van der Waals surface area (Å²) in [5.74, 6) is 0.0548. The van der Waals surface area contributed by atoms with Crippen molar-refractivity contribution in [2.75, 3.05) is 13.1 Å². The van der Waals surface area contributed by atoms with Crippen molar-refractivity contribution >= 4 is 5.97 Å². The molecule has 0 bridgehead atoms. The Morgan fingerprint density at radius 2 is 2.00 bits per heavy atom. The van der Waals surface area contributed by atoms with Crippen molar-refractivity contribution in [3.63, 3.8) is 0 Å². The van der Waals surface area contributed by atoms with Gasteiger partial charge in [-0.25, -0.2) is 0 Å². The highest BCUT2D eigenvalue weighted by atomic mass is 16.5. The Morgan fingerprint density at radius 1 is 1.29 bits per heavy atom. The zero-order chi connectivity index (χ0) is 15.0. The highest BCUT2D eigenvalue weighted by Crippen LogP contribution is 2.34. The van der Waals surface area contributed by atoms with Crippen LogP contribution < -0.4 is 5.32 Å². The van der Waals surface area contributed by atoms with Crippen LogP contribution in [0.25, 0.3) is 0 Å². The fourth-order valence-corrected chi connectivity index (χ4v) is 3.74. The van der Waals surface area contributed by atoms with Crippen molar-refractivity contribution in [1.82, 2.24) is 10.2 Å². The lowest BCUT2D eigenvalue weighted by Crippen LogP contribution is -2.56. The number of carboxylic acids is 1. The normalized spacial score (nSPS) is 39.5. The third-order valence-corrected chi connectivity index (χ3v) is 5.21.